The van der Waals surface area contributed by atoms with Crippen LogP contribution in [-0.2, 0) is 9.59 Å². The van der Waals surface area contributed by atoms with Gasteiger partial charge >= 0.3 is 5.97 Å². The molecule has 1 atom stereocenters. The summed E-state index contributed by atoms with van der Waals surface area (Å²) >= 11 is 0. The van der Waals surface area contributed by atoms with Gasteiger partial charge in [-0.05, 0) is 42.5 Å². The van der Waals surface area contributed by atoms with Crippen molar-refractivity contribution in [1.29, 1.82) is 0 Å². The van der Waals surface area contributed by atoms with E-state index in [0.29, 0.717) is 5.56 Å². The summed E-state index contributed by atoms with van der Waals surface area (Å²) in [6.07, 6.45) is 4.32. The van der Waals surface area contributed by atoms with Crippen molar-refractivity contribution in [3.05, 3.63) is 46.0 Å². The van der Waals surface area contributed by atoms with Crippen molar-refractivity contribution in [2.75, 3.05) is 0 Å². The molecule has 1 aromatic rings. The van der Waals surface area contributed by atoms with Gasteiger partial charge in [-0.3, -0.25) is 14.9 Å². The van der Waals surface area contributed by atoms with Gasteiger partial charge in [-0.1, -0.05) is 0 Å². The SMILES string of the molecule is O=C(C=Cc1ccc([N+](=O)[O-])cc1)NC(C(=O)O)C1CC1. The number of rotatable bonds is 6. The summed E-state index contributed by atoms with van der Waals surface area (Å²) in [5.74, 6) is -1.51. The van der Waals surface area contributed by atoms with Crippen LogP contribution in [0.15, 0.2) is 30.3 Å². The summed E-state index contributed by atoms with van der Waals surface area (Å²) in [7, 11) is 0. The van der Waals surface area contributed by atoms with Crippen LogP contribution in [0, 0.1) is 16.0 Å². The predicted molar refractivity (Wildman–Crippen MR) is 74.4 cm³/mol. The molecule has 2 N–H and O–H groups in total. The van der Waals surface area contributed by atoms with Crippen LogP contribution >= 0.6 is 0 Å². The van der Waals surface area contributed by atoms with E-state index in [4.69, 9.17) is 5.11 Å². The van der Waals surface area contributed by atoms with Crippen LogP contribution in [-0.4, -0.2) is 27.9 Å². The molecule has 110 valence electrons. The minimum absolute atomic E-state index is 0.0132. The first kappa shape index (κ1) is 14.7. The summed E-state index contributed by atoms with van der Waals surface area (Å²) in [6, 6.07) is 4.84. The van der Waals surface area contributed by atoms with Gasteiger partial charge in [0.05, 0.1) is 4.92 Å². The second-order valence-electron chi connectivity index (χ2n) is 4.84. The van der Waals surface area contributed by atoms with Crippen molar-refractivity contribution in [2.24, 2.45) is 5.92 Å². The van der Waals surface area contributed by atoms with Gasteiger partial charge in [-0.15, -0.1) is 0 Å². The minimum atomic E-state index is -1.03. The van der Waals surface area contributed by atoms with Crippen molar-refractivity contribution in [3.8, 4) is 0 Å². The molecule has 7 nitrogen and oxygen atoms in total. The van der Waals surface area contributed by atoms with E-state index in [0.717, 1.165) is 12.8 Å². The van der Waals surface area contributed by atoms with Gasteiger partial charge in [-0.2, -0.15) is 0 Å². The Bertz CT molecular complexity index is 590. The number of carbonyl (C=O) groups excluding carboxylic acids is 1. The molecule has 0 heterocycles. The molecule has 1 aromatic carbocycles. The number of amides is 1. The Morgan fingerprint density at radius 3 is 2.43 bits per heavy atom. The molecule has 2 rings (SSSR count). The number of nitro groups is 1. The molecule has 0 radical (unpaired) electrons. The Hall–Kier alpha value is -2.70. The third-order valence-corrected chi connectivity index (χ3v) is 3.19. The van der Waals surface area contributed by atoms with Crippen LogP contribution in [0.2, 0.25) is 0 Å². The highest BCUT2D eigenvalue weighted by Crippen LogP contribution is 2.32. The maximum atomic E-state index is 11.7. The number of non-ortho nitro benzene ring substituents is 1. The lowest BCUT2D eigenvalue weighted by Crippen LogP contribution is -2.41. The number of nitrogens with one attached hydrogen (secondary N) is 1. The van der Waals surface area contributed by atoms with Crippen molar-refractivity contribution >= 4 is 23.6 Å². The van der Waals surface area contributed by atoms with Gasteiger partial charge < -0.3 is 10.4 Å². The Morgan fingerprint density at radius 2 is 1.95 bits per heavy atom. The quantitative estimate of drug-likeness (QED) is 0.469. The number of benzene rings is 1. The molecule has 0 bridgehead atoms. The van der Waals surface area contributed by atoms with Gasteiger partial charge in [-0.25, -0.2) is 4.79 Å². The number of hydrogen-bond acceptors (Lipinski definition) is 4. The topological polar surface area (TPSA) is 110 Å². The van der Waals surface area contributed by atoms with Gasteiger partial charge in [0.1, 0.15) is 6.04 Å². The van der Waals surface area contributed by atoms with Crippen LogP contribution < -0.4 is 5.32 Å². The highest BCUT2D eigenvalue weighted by Gasteiger charge is 2.36. The summed E-state index contributed by atoms with van der Waals surface area (Å²) in [5, 5.41) is 21.9. The zero-order chi connectivity index (χ0) is 15.4. The fourth-order valence-corrected chi connectivity index (χ4v) is 1.89. The van der Waals surface area contributed by atoms with Crippen molar-refractivity contribution in [3.63, 3.8) is 0 Å². The van der Waals surface area contributed by atoms with E-state index in [1.165, 1.54) is 36.4 Å². The first-order valence-corrected chi connectivity index (χ1v) is 6.43. The van der Waals surface area contributed by atoms with Crippen LogP contribution in [0.4, 0.5) is 5.69 Å². The van der Waals surface area contributed by atoms with Crippen LogP contribution in [0.25, 0.3) is 6.08 Å². The van der Waals surface area contributed by atoms with E-state index in [1.54, 1.807) is 0 Å². The van der Waals surface area contributed by atoms with Crippen LogP contribution in [0.1, 0.15) is 18.4 Å². The lowest BCUT2D eigenvalue weighted by molar-refractivity contribution is -0.384. The third-order valence-electron chi connectivity index (χ3n) is 3.19. The molecule has 1 amide bonds. The minimum Gasteiger partial charge on any atom is -0.480 e. The summed E-state index contributed by atoms with van der Waals surface area (Å²) < 4.78 is 0. The molecule has 1 aliphatic rings. The van der Waals surface area contributed by atoms with Gasteiger partial charge in [0, 0.05) is 18.2 Å². The van der Waals surface area contributed by atoms with Gasteiger partial charge in [0.2, 0.25) is 5.91 Å². The smallest absolute Gasteiger partial charge is 0.326 e. The normalized spacial score (nSPS) is 15.6. The largest absolute Gasteiger partial charge is 0.480 e. The van der Waals surface area contributed by atoms with Crippen molar-refractivity contribution in [2.45, 2.75) is 18.9 Å². The Kier molecular flexibility index (Phi) is 4.32. The zero-order valence-electron chi connectivity index (χ0n) is 11.1. The van der Waals surface area contributed by atoms with E-state index in [-0.39, 0.29) is 11.6 Å². The third kappa shape index (κ3) is 4.13. The van der Waals surface area contributed by atoms with E-state index < -0.39 is 22.8 Å². The molecule has 21 heavy (non-hydrogen) atoms. The zero-order valence-corrected chi connectivity index (χ0v) is 11.1. The fraction of sp³-hybridized carbons (Fsp3) is 0.286. The molecule has 1 saturated carbocycles. The molecule has 0 saturated heterocycles. The maximum absolute atomic E-state index is 11.7. The van der Waals surface area contributed by atoms with E-state index >= 15 is 0 Å². The molecular formula is C14H14N2O5. The standard InChI is InChI=1S/C14H14N2O5/c17-12(15-13(14(18)19)10-4-5-10)8-3-9-1-6-11(7-2-9)16(20)21/h1-3,6-8,10,13H,4-5H2,(H,15,17)(H,18,19). The number of carboxylic acid groups (broad SMARTS) is 1. The highest BCUT2D eigenvalue weighted by molar-refractivity contribution is 5.94. The number of carboxylic acids is 1. The molecule has 1 fully saturated rings. The summed E-state index contributed by atoms with van der Waals surface area (Å²) in [6.45, 7) is 0. The highest BCUT2D eigenvalue weighted by atomic mass is 16.6. The monoisotopic (exact) mass is 290 g/mol. The summed E-state index contributed by atoms with van der Waals surface area (Å²) in [5.41, 5.74) is 0.588. The fourth-order valence-electron chi connectivity index (χ4n) is 1.89. The number of aliphatic carboxylic acids is 1. The predicted octanol–water partition coefficient (Wildman–Crippen LogP) is 1.59. The molecule has 0 spiro atoms. The second kappa shape index (κ2) is 6.17. The molecular weight excluding hydrogens is 276 g/mol. The number of hydrogen-bond donors (Lipinski definition) is 2. The second-order valence-corrected chi connectivity index (χ2v) is 4.84. The Balaban J connectivity index is 1.94. The summed E-state index contributed by atoms with van der Waals surface area (Å²) in [4.78, 5) is 32.7. The average Bonchev–Trinajstić information content (AvgIpc) is 3.27. The van der Waals surface area contributed by atoms with Crippen LogP contribution in [0.5, 0.6) is 0 Å². The molecule has 0 aliphatic heterocycles. The van der Waals surface area contributed by atoms with E-state index in [9.17, 15) is 19.7 Å². The first-order chi connectivity index (χ1) is 9.97. The maximum Gasteiger partial charge on any atom is 0.326 e. The lowest BCUT2D eigenvalue weighted by Gasteiger charge is -2.11. The van der Waals surface area contributed by atoms with Crippen LogP contribution in [0.3, 0.4) is 0 Å². The van der Waals surface area contributed by atoms with E-state index in [1.807, 2.05) is 0 Å². The number of carbonyl (C=O) groups is 2. The molecule has 1 aliphatic carbocycles. The molecule has 7 heteroatoms. The average molecular weight is 290 g/mol. The van der Waals surface area contributed by atoms with Gasteiger partial charge in [0.25, 0.3) is 5.69 Å². The molecule has 1 unspecified atom stereocenters. The van der Waals surface area contributed by atoms with Crippen molar-refractivity contribution in [1.82, 2.24) is 5.32 Å². The lowest BCUT2D eigenvalue weighted by atomic mass is 10.1. The van der Waals surface area contributed by atoms with Gasteiger partial charge in [0.15, 0.2) is 0 Å². The number of nitrogens with zero attached hydrogens (tertiary/aromatic N) is 1. The van der Waals surface area contributed by atoms with E-state index in [2.05, 4.69) is 5.32 Å². The van der Waals surface area contributed by atoms with Crippen molar-refractivity contribution < 1.29 is 19.6 Å². The Labute approximate surface area is 120 Å². The number of nitro benzene ring substituents is 1. The molecule has 0 aromatic heterocycles. The first-order valence-electron chi connectivity index (χ1n) is 6.43. The Morgan fingerprint density at radius 1 is 1.33 bits per heavy atom.